The van der Waals surface area contributed by atoms with Crippen molar-refractivity contribution >= 4 is 39.3 Å². The van der Waals surface area contributed by atoms with Gasteiger partial charge < -0.3 is 15.7 Å². The maximum absolute atomic E-state index is 13.2. The van der Waals surface area contributed by atoms with E-state index in [1.165, 1.54) is 6.92 Å². The van der Waals surface area contributed by atoms with Crippen molar-refractivity contribution in [3.05, 3.63) is 96.1 Å². The number of aliphatic carboxylic acids is 1. The van der Waals surface area contributed by atoms with Crippen LogP contribution in [0, 0.1) is 0 Å². The van der Waals surface area contributed by atoms with E-state index < -0.39 is 29.9 Å². The second-order valence-corrected chi connectivity index (χ2v) is 7.96. The van der Waals surface area contributed by atoms with E-state index in [1.807, 2.05) is 72.8 Å². The van der Waals surface area contributed by atoms with Crippen LogP contribution in [-0.2, 0) is 16.0 Å². The Kier molecular flexibility index (Phi) is 6.36. The summed E-state index contributed by atoms with van der Waals surface area (Å²) in [6.07, 6.45) is 0.218. The topological polar surface area (TPSA) is 95.5 Å². The van der Waals surface area contributed by atoms with E-state index >= 15 is 0 Å². The van der Waals surface area contributed by atoms with Crippen molar-refractivity contribution in [2.75, 3.05) is 0 Å². The molecular weight excluding hydrogens is 416 g/mol. The van der Waals surface area contributed by atoms with Crippen molar-refractivity contribution in [2.24, 2.45) is 0 Å². The largest absolute Gasteiger partial charge is 0.480 e. The average molecular weight is 440 g/mol. The second kappa shape index (κ2) is 9.53. The van der Waals surface area contributed by atoms with Crippen LogP contribution in [-0.4, -0.2) is 35.0 Å². The molecule has 0 saturated carbocycles. The predicted molar refractivity (Wildman–Crippen MR) is 128 cm³/mol. The summed E-state index contributed by atoms with van der Waals surface area (Å²) in [6, 6.07) is 24.5. The van der Waals surface area contributed by atoms with Crippen molar-refractivity contribution in [1.82, 2.24) is 10.6 Å². The molecule has 0 spiro atoms. The molecule has 2 amide bonds. The summed E-state index contributed by atoms with van der Waals surface area (Å²) in [5.74, 6) is -2.09. The monoisotopic (exact) mass is 440 g/mol. The molecule has 33 heavy (non-hydrogen) atoms. The number of carboxylic acid groups (broad SMARTS) is 1. The summed E-state index contributed by atoms with van der Waals surface area (Å²) in [7, 11) is 0. The van der Waals surface area contributed by atoms with Gasteiger partial charge in [0.2, 0.25) is 5.91 Å². The van der Waals surface area contributed by atoms with Crippen LogP contribution in [0.5, 0.6) is 0 Å². The van der Waals surface area contributed by atoms with E-state index in [0.717, 1.165) is 27.1 Å². The first kappa shape index (κ1) is 22.0. The first-order valence-corrected chi connectivity index (χ1v) is 10.7. The maximum Gasteiger partial charge on any atom is 0.325 e. The average Bonchev–Trinajstić information content (AvgIpc) is 2.83. The lowest BCUT2D eigenvalue weighted by Crippen LogP contribution is -2.51. The van der Waals surface area contributed by atoms with Crippen molar-refractivity contribution in [3.8, 4) is 0 Å². The van der Waals surface area contributed by atoms with Crippen molar-refractivity contribution in [2.45, 2.75) is 25.4 Å². The minimum Gasteiger partial charge on any atom is -0.480 e. The fourth-order valence-corrected chi connectivity index (χ4v) is 3.93. The summed E-state index contributed by atoms with van der Waals surface area (Å²) >= 11 is 0. The van der Waals surface area contributed by atoms with Gasteiger partial charge in [-0.2, -0.15) is 0 Å². The molecule has 3 N–H and O–H groups in total. The molecule has 4 rings (SSSR count). The highest BCUT2D eigenvalue weighted by Crippen LogP contribution is 2.21. The summed E-state index contributed by atoms with van der Waals surface area (Å²) in [5.41, 5.74) is 1.34. The molecule has 0 aliphatic heterocycles. The highest BCUT2D eigenvalue weighted by atomic mass is 16.4. The van der Waals surface area contributed by atoms with Gasteiger partial charge >= 0.3 is 5.97 Å². The lowest BCUT2D eigenvalue weighted by atomic mass is 9.97. The van der Waals surface area contributed by atoms with Crippen LogP contribution in [0.25, 0.3) is 21.5 Å². The van der Waals surface area contributed by atoms with Gasteiger partial charge in [0, 0.05) is 12.0 Å². The van der Waals surface area contributed by atoms with Crippen LogP contribution >= 0.6 is 0 Å². The molecule has 0 aromatic heterocycles. The highest BCUT2D eigenvalue weighted by molar-refractivity contribution is 6.08. The van der Waals surface area contributed by atoms with Gasteiger partial charge in [-0.15, -0.1) is 0 Å². The van der Waals surface area contributed by atoms with E-state index in [1.54, 1.807) is 12.1 Å². The lowest BCUT2D eigenvalue weighted by molar-refractivity contribution is -0.141. The van der Waals surface area contributed by atoms with E-state index in [2.05, 4.69) is 10.6 Å². The Morgan fingerprint density at radius 1 is 0.758 bits per heavy atom. The fraction of sp³-hybridized carbons (Fsp3) is 0.148. The van der Waals surface area contributed by atoms with E-state index in [-0.39, 0.29) is 6.42 Å². The van der Waals surface area contributed by atoms with Crippen LogP contribution in [0.3, 0.4) is 0 Å². The number of amides is 2. The smallest absolute Gasteiger partial charge is 0.325 e. The number of nitrogens with one attached hydrogen (secondary N) is 2. The molecular formula is C27H24N2O4. The minimum absolute atomic E-state index is 0.218. The third kappa shape index (κ3) is 4.85. The van der Waals surface area contributed by atoms with Crippen LogP contribution in [0.2, 0.25) is 0 Å². The first-order chi connectivity index (χ1) is 15.9. The molecule has 0 saturated heterocycles. The second-order valence-electron chi connectivity index (χ2n) is 7.96. The fourth-order valence-electron chi connectivity index (χ4n) is 3.93. The number of rotatable bonds is 7. The van der Waals surface area contributed by atoms with Gasteiger partial charge in [-0.3, -0.25) is 14.4 Å². The third-order valence-electron chi connectivity index (χ3n) is 5.69. The van der Waals surface area contributed by atoms with E-state index in [4.69, 9.17) is 0 Å². The zero-order valence-corrected chi connectivity index (χ0v) is 18.1. The molecule has 0 bridgehead atoms. The molecule has 2 atom stereocenters. The summed E-state index contributed by atoms with van der Waals surface area (Å²) < 4.78 is 0. The number of fused-ring (bicyclic) bond motifs is 2. The SMILES string of the molecule is C[C@H](NC(=O)[C@H](Cc1cccc2ccccc12)NC(=O)c1cccc2ccccc12)C(=O)O. The lowest BCUT2D eigenvalue weighted by Gasteiger charge is -2.21. The van der Waals surface area contributed by atoms with E-state index in [0.29, 0.717) is 5.56 Å². The van der Waals surface area contributed by atoms with Crippen LogP contribution in [0.15, 0.2) is 84.9 Å². The van der Waals surface area contributed by atoms with Crippen LogP contribution in [0.1, 0.15) is 22.8 Å². The molecule has 4 aromatic rings. The number of hydrogen-bond acceptors (Lipinski definition) is 3. The number of carbonyl (C=O) groups excluding carboxylic acids is 2. The minimum atomic E-state index is -1.15. The Hall–Kier alpha value is -4.19. The molecule has 6 heteroatoms. The molecule has 0 heterocycles. The van der Waals surface area contributed by atoms with Gasteiger partial charge in [0.15, 0.2) is 0 Å². The Balaban J connectivity index is 1.67. The molecule has 0 unspecified atom stereocenters. The molecule has 4 aromatic carbocycles. The van der Waals surface area contributed by atoms with Gasteiger partial charge in [-0.1, -0.05) is 78.9 Å². The standard InChI is InChI=1S/C27H24N2O4/c1-17(27(32)33)28-26(31)24(16-20-12-6-10-18-8-2-4-13-21(18)20)29-25(30)23-15-7-11-19-9-3-5-14-22(19)23/h2-15,17,24H,16H2,1H3,(H,28,31)(H,29,30)(H,32,33)/t17-,24-/m0/s1. The number of hydrogen-bond donors (Lipinski definition) is 3. The van der Waals surface area contributed by atoms with Crippen molar-refractivity contribution < 1.29 is 19.5 Å². The Labute approximate surface area is 191 Å². The molecule has 0 aliphatic rings. The normalized spacial score (nSPS) is 12.8. The number of carboxylic acids is 1. The molecule has 6 nitrogen and oxygen atoms in total. The van der Waals surface area contributed by atoms with Gasteiger partial charge in [-0.05, 0) is 40.1 Å². The Bertz CT molecular complexity index is 1340. The third-order valence-corrected chi connectivity index (χ3v) is 5.69. The maximum atomic E-state index is 13.2. The zero-order valence-electron chi connectivity index (χ0n) is 18.1. The van der Waals surface area contributed by atoms with Crippen molar-refractivity contribution in [1.29, 1.82) is 0 Å². The molecule has 0 aliphatic carbocycles. The molecule has 0 radical (unpaired) electrons. The number of benzene rings is 4. The van der Waals surface area contributed by atoms with Gasteiger partial charge in [-0.25, -0.2) is 0 Å². The molecule has 0 fully saturated rings. The van der Waals surface area contributed by atoms with Gasteiger partial charge in [0.25, 0.3) is 5.91 Å². The van der Waals surface area contributed by atoms with Crippen molar-refractivity contribution in [3.63, 3.8) is 0 Å². The number of carbonyl (C=O) groups is 3. The summed E-state index contributed by atoms with van der Waals surface area (Å²) in [4.78, 5) is 37.6. The van der Waals surface area contributed by atoms with Gasteiger partial charge in [0.1, 0.15) is 12.1 Å². The summed E-state index contributed by atoms with van der Waals surface area (Å²) in [6.45, 7) is 1.39. The van der Waals surface area contributed by atoms with E-state index in [9.17, 15) is 19.5 Å². The summed E-state index contributed by atoms with van der Waals surface area (Å²) in [5, 5.41) is 18.2. The van der Waals surface area contributed by atoms with Gasteiger partial charge in [0.05, 0.1) is 0 Å². The highest BCUT2D eigenvalue weighted by Gasteiger charge is 2.26. The first-order valence-electron chi connectivity index (χ1n) is 10.7. The Morgan fingerprint density at radius 2 is 1.33 bits per heavy atom. The Morgan fingerprint density at radius 3 is 2.03 bits per heavy atom. The molecule has 166 valence electrons. The quantitative estimate of drug-likeness (QED) is 0.406. The van der Waals surface area contributed by atoms with Crippen LogP contribution in [0.4, 0.5) is 0 Å². The van der Waals surface area contributed by atoms with Crippen LogP contribution < -0.4 is 10.6 Å². The zero-order chi connectivity index (χ0) is 23.4. The predicted octanol–water partition coefficient (Wildman–Crippen LogP) is 3.92.